The van der Waals surface area contributed by atoms with E-state index >= 15 is 0 Å². The molecule has 0 aliphatic heterocycles. The molecule has 0 bridgehead atoms. The van der Waals surface area contributed by atoms with Crippen LogP contribution in [0.25, 0.3) is 0 Å². The van der Waals surface area contributed by atoms with Crippen molar-refractivity contribution in [3.05, 3.63) is 0 Å². The van der Waals surface area contributed by atoms with Gasteiger partial charge in [-0.15, -0.1) is 0 Å². The molecule has 0 aromatic heterocycles. The highest BCUT2D eigenvalue weighted by atomic mass is 32.3. The minimum absolute atomic E-state index is 0.336. The fourth-order valence-corrected chi connectivity index (χ4v) is 5.97. The Bertz CT molecular complexity index is 336. The third kappa shape index (κ3) is 22.7. The van der Waals surface area contributed by atoms with Crippen molar-refractivity contribution in [1.29, 1.82) is 0 Å². The van der Waals surface area contributed by atoms with Gasteiger partial charge < -0.3 is 4.74 Å². The lowest BCUT2D eigenvalue weighted by molar-refractivity contribution is -0.129. The van der Waals surface area contributed by atoms with Gasteiger partial charge in [-0.2, -0.15) is 24.9 Å². The second kappa shape index (κ2) is 18.2. The Balaban J connectivity index is 3.25. The molecule has 0 aliphatic carbocycles. The predicted octanol–water partition coefficient (Wildman–Crippen LogP) is 8.06. The quantitative estimate of drug-likeness (QED) is 0.175. The molecule has 0 N–H and O–H groups in total. The molecule has 0 saturated carbocycles. The molecule has 28 heavy (non-hydrogen) atoms. The van der Waals surface area contributed by atoms with Crippen LogP contribution in [0.2, 0.25) is 0 Å². The molecule has 0 saturated heterocycles. The smallest absolute Gasteiger partial charge is 0.381 e. The first-order valence-electron chi connectivity index (χ1n) is 11.2. The van der Waals surface area contributed by atoms with Crippen molar-refractivity contribution in [2.75, 3.05) is 48.7 Å². The standard InChI is InChI=1S/C22H45F3OS2/c1-4-26-17-19-27-18-14-12-10-8-6-5-7-9-11-13-15-20-28(2,3)21-16-22(23,24)25/h4-21H2,1-3H3. The Kier molecular flexibility index (Phi) is 18.5. The monoisotopic (exact) mass is 446 g/mol. The van der Waals surface area contributed by atoms with Gasteiger partial charge in [-0.05, 0) is 49.5 Å². The van der Waals surface area contributed by atoms with Crippen LogP contribution >= 0.6 is 21.8 Å². The van der Waals surface area contributed by atoms with E-state index in [-0.39, 0.29) is 0 Å². The summed E-state index contributed by atoms with van der Waals surface area (Å²) >= 11 is 2.01. The van der Waals surface area contributed by atoms with Gasteiger partial charge in [0, 0.05) is 12.4 Å². The van der Waals surface area contributed by atoms with Crippen LogP contribution in [-0.4, -0.2) is 54.9 Å². The SMILES string of the molecule is CCOCCSCCCCCCCCCCCCCS(C)(C)CCC(F)(F)F. The first kappa shape index (κ1) is 28.5. The van der Waals surface area contributed by atoms with Crippen LogP contribution in [-0.2, 0) is 4.74 Å². The van der Waals surface area contributed by atoms with E-state index in [1.165, 1.54) is 70.0 Å². The van der Waals surface area contributed by atoms with E-state index in [9.17, 15) is 13.2 Å². The lowest BCUT2D eigenvalue weighted by atomic mass is 10.1. The van der Waals surface area contributed by atoms with E-state index in [2.05, 4.69) is 12.5 Å². The molecule has 0 aromatic rings. The van der Waals surface area contributed by atoms with Gasteiger partial charge in [0.25, 0.3) is 0 Å². The molecule has 0 rings (SSSR count). The Morgan fingerprint density at radius 2 is 1.21 bits per heavy atom. The second-order valence-corrected chi connectivity index (χ2v) is 13.8. The van der Waals surface area contributed by atoms with E-state index < -0.39 is 22.6 Å². The molecule has 172 valence electrons. The van der Waals surface area contributed by atoms with Gasteiger partial charge in [-0.25, -0.2) is 10.0 Å². The van der Waals surface area contributed by atoms with Crippen molar-refractivity contribution in [3.8, 4) is 0 Å². The van der Waals surface area contributed by atoms with Crippen LogP contribution in [0.4, 0.5) is 13.2 Å². The van der Waals surface area contributed by atoms with Gasteiger partial charge in [0.05, 0.1) is 13.0 Å². The lowest BCUT2D eigenvalue weighted by Crippen LogP contribution is -2.15. The van der Waals surface area contributed by atoms with Gasteiger partial charge in [0.1, 0.15) is 0 Å². The first-order chi connectivity index (χ1) is 13.3. The fourth-order valence-electron chi connectivity index (χ4n) is 3.15. The third-order valence-corrected chi connectivity index (χ3v) is 8.74. The van der Waals surface area contributed by atoms with Gasteiger partial charge in [-0.1, -0.05) is 57.8 Å². The number of alkyl halides is 3. The van der Waals surface area contributed by atoms with Gasteiger partial charge >= 0.3 is 6.18 Å². The highest BCUT2D eigenvalue weighted by molar-refractivity contribution is 8.32. The zero-order valence-electron chi connectivity index (χ0n) is 18.6. The van der Waals surface area contributed by atoms with E-state index in [4.69, 9.17) is 4.74 Å². The highest BCUT2D eigenvalue weighted by Crippen LogP contribution is 2.43. The van der Waals surface area contributed by atoms with Crippen molar-refractivity contribution < 1.29 is 17.9 Å². The number of halogens is 3. The number of thioether (sulfide) groups is 1. The van der Waals surface area contributed by atoms with Gasteiger partial charge in [0.2, 0.25) is 0 Å². The summed E-state index contributed by atoms with van der Waals surface area (Å²) in [6.45, 7) is 3.75. The molecule has 0 heterocycles. The van der Waals surface area contributed by atoms with E-state index in [0.717, 1.165) is 31.1 Å². The molecular weight excluding hydrogens is 401 g/mol. The third-order valence-electron chi connectivity index (χ3n) is 5.00. The average molecular weight is 447 g/mol. The van der Waals surface area contributed by atoms with Crippen LogP contribution < -0.4 is 0 Å². The maximum absolute atomic E-state index is 12.3. The van der Waals surface area contributed by atoms with Crippen molar-refractivity contribution in [2.45, 2.75) is 90.1 Å². The molecule has 0 atom stereocenters. The molecule has 0 aliphatic rings. The second-order valence-electron chi connectivity index (χ2n) is 8.24. The maximum atomic E-state index is 12.3. The fraction of sp³-hybridized carbons (Fsp3) is 1.00. The average Bonchev–Trinajstić information content (AvgIpc) is 2.62. The summed E-state index contributed by atoms with van der Waals surface area (Å²) in [5, 5.41) is 0. The molecule has 0 fully saturated rings. The molecular formula is C22H45F3OS2. The summed E-state index contributed by atoms with van der Waals surface area (Å²) in [5.74, 6) is 3.72. The van der Waals surface area contributed by atoms with E-state index in [1.54, 1.807) is 0 Å². The van der Waals surface area contributed by atoms with Crippen molar-refractivity contribution >= 4 is 21.8 Å². The van der Waals surface area contributed by atoms with Crippen LogP contribution in [0.3, 0.4) is 0 Å². The van der Waals surface area contributed by atoms with E-state index in [0.29, 0.717) is 5.75 Å². The van der Waals surface area contributed by atoms with Gasteiger partial charge in [-0.3, -0.25) is 0 Å². The molecule has 0 radical (unpaired) electrons. The number of hydrogen-bond donors (Lipinski definition) is 0. The zero-order chi connectivity index (χ0) is 21.1. The topological polar surface area (TPSA) is 9.23 Å². The van der Waals surface area contributed by atoms with Crippen LogP contribution in [0.5, 0.6) is 0 Å². The summed E-state index contributed by atoms with van der Waals surface area (Å²) in [7, 11) is -1.06. The summed E-state index contributed by atoms with van der Waals surface area (Å²) in [6, 6.07) is 0. The Morgan fingerprint density at radius 1 is 0.714 bits per heavy atom. The maximum Gasteiger partial charge on any atom is 0.389 e. The summed E-state index contributed by atoms with van der Waals surface area (Å²) < 4.78 is 42.3. The number of hydrogen-bond acceptors (Lipinski definition) is 2. The molecule has 6 heteroatoms. The van der Waals surface area contributed by atoms with Crippen molar-refractivity contribution in [3.63, 3.8) is 0 Å². The van der Waals surface area contributed by atoms with Crippen LogP contribution in [0.1, 0.15) is 84.0 Å². The molecule has 0 spiro atoms. The van der Waals surface area contributed by atoms with Crippen molar-refractivity contribution in [2.24, 2.45) is 0 Å². The van der Waals surface area contributed by atoms with Crippen molar-refractivity contribution in [1.82, 2.24) is 0 Å². The molecule has 0 aromatic carbocycles. The number of ether oxygens (including phenoxy) is 1. The summed E-state index contributed by atoms with van der Waals surface area (Å²) in [4.78, 5) is 0. The van der Waals surface area contributed by atoms with Crippen LogP contribution in [0.15, 0.2) is 0 Å². The number of rotatable bonds is 20. The first-order valence-corrected chi connectivity index (χ1v) is 15.1. The Labute approximate surface area is 178 Å². The zero-order valence-corrected chi connectivity index (χ0v) is 20.2. The van der Waals surface area contributed by atoms with Gasteiger partial charge in [0.15, 0.2) is 0 Å². The minimum Gasteiger partial charge on any atom is -0.381 e. The van der Waals surface area contributed by atoms with E-state index in [1.807, 2.05) is 18.7 Å². The lowest BCUT2D eigenvalue weighted by Gasteiger charge is -2.31. The normalized spacial score (nSPS) is 13.2. The largest absolute Gasteiger partial charge is 0.389 e. The molecule has 0 unspecified atom stereocenters. The number of unbranched alkanes of at least 4 members (excludes halogenated alkanes) is 10. The Morgan fingerprint density at radius 3 is 1.71 bits per heavy atom. The van der Waals surface area contributed by atoms with Crippen LogP contribution in [0, 0.1) is 0 Å². The predicted molar refractivity (Wildman–Crippen MR) is 124 cm³/mol. The molecule has 0 amide bonds. The molecule has 1 nitrogen and oxygen atoms in total. The summed E-state index contributed by atoms with van der Waals surface area (Å²) in [6.07, 6.45) is 13.7. The summed E-state index contributed by atoms with van der Waals surface area (Å²) in [5.41, 5.74) is 0. The highest BCUT2D eigenvalue weighted by Gasteiger charge is 2.29. The Hall–Kier alpha value is 0.450. The minimum atomic E-state index is -3.99.